The van der Waals surface area contributed by atoms with E-state index in [2.05, 4.69) is 32.0 Å². The molecule has 3 aromatic heterocycles. The van der Waals surface area contributed by atoms with E-state index in [1.807, 2.05) is 19.1 Å². The first-order valence-corrected chi connectivity index (χ1v) is 11.7. The molecule has 1 aromatic carbocycles. The molecule has 3 N–H and O–H groups in total. The zero-order chi connectivity index (χ0) is 25.9. The Labute approximate surface area is 212 Å². The molecule has 1 aliphatic heterocycles. The molecule has 1 saturated heterocycles. The summed E-state index contributed by atoms with van der Waals surface area (Å²) in [5.74, 6) is 5.73. The maximum Gasteiger partial charge on any atom is 0.256 e. The monoisotopic (exact) mass is 494 g/mol. The molecule has 0 saturated carbocycles. The van der Waals surface area contributed by atoms with Crippen molar-refractivity contribution in [2.75, 3.05) is 30.7 Å². The zero-order valence-electron chi connectivity index (χ0n) is 20.1. The number of nitrogens with one attached hydrogen (secondary N) is 1. The number of carbonyl (C=O) groups is 1. The summed E-state index contributed by atoms with van der Waals surface area (Å²) in [6.07, 6.45) is 3.94. The summed E-state index contributed by atoms with van der Waals surface area (Å²) < 4.78 is 17.1. The maximum absolute atomic E-state index is 15.4. The van der Waals surface area contributed by atoms with Crippen LogP contribution in [0.25, 0.3) is 16.9 Å². The first-order valence-electron chi connectivity index (χ1n) is 11.7. The van der Waals surface area contributed by atoms with Crippen LogP contribution in [0.15, 0.2) is 48.8 Å². The Hall–Kier alpha value is -4.80. The number of nitrogens with two attached hydrogens (primary N) is 1. The van der Waals surface area contributed by atoms with Crippen LogP contribution in [0.3, 0.4) is 0 Å². The van der Waals surface area contributed by atoms with E-state index in [0.717, 1.165) is 36.8 Å². The van der Waals surface area contributed by atoms with E-state index in [9.17, 15) is 4.79 Å². The molecule has 0 spiro atoms. The Morgan fingerprint density at radius 1 is 1.24 bits per heavy atom. The quantitative estimate of drug-likeness (QED) is 0.407. The number of anilines is 2. The second-order valence-corrected chi connectivity index (χ2v) is 8.68. The van der Waals surface area contributed by atoms with Gasteiger partial charge in [0.25, 0.3) is 5.91 Å². The van der Waals surface area contributed by atoms with Crippen molar-refractivity contribution in [1.29, 1.82) is 5.26 Å². The van der Waals surface area contributed by atoms with Crippen molar-refractivity contribution in [2.24, 2.45) is 0 Å². The first kappa shape index (κ1) is 23.9. The zero-order valence-corrected chi connectivity index (χ0v) is 20.1. The maximum atomic E-state index is 15.4. The minimum absolute atomic E-state index is 0.0982. The number of amides is 1. The number of imidazole rings is 1. The summed E-state index contributed by atoms with van der Waals surface area (Å²) >= 11 is 0. The number of nitriles is 1. The fraction of sp³-hybridized carbons (Fsp3) is 0.222. The van der Waals surface area contributed by atoms with Gasteiger partial charge < -0.3 is 11.1 Å². The molecular weight excluding hydrogens is 471 g/mol. The molecule has 0 aliphatic carbocycles. The molecule has 5 rings (SSSR count). The molecular formula is C27H23FN8O. The van der Waals surface area contributed by atoms with Gasteiger partial charge in [0.2, 0.25) is 5.95 Å². The lowest BCUT2D eigenvalue weighted by molar-refractivity contribution is 0.102. The van der Waals surface area contributed by atoms with Gasteiger partial charge in [-0.2, -0.15) is 5.26 Å². The molecule has 1 atom stereocenters. The number of halogens is 1. The molecule has 0 radical (unpaired) electrons. The van der Waals surface area contributed by atoms with E-state index < -0.39 is 11.7 Å². The van der Waals surface area contributed by atoms with Gasteiger partial charge in [0.1, 0.15) is 11.6 Å². The van der Waals surface area contributed by atoms with E-state index in [-0.39, 0.29) is 28.8 Å². The van der Waals surface area contributed by atoms with Crippen molar-refractivity contribution in [2.45, 2.75) is 19.3 Å². The second kappa shape index (κ2) is 10.1. The Morgan fingerprint density at radius 2 is 2.08 bits per heavy atom. The number of likely N-dealkylation sites (tertiary alicyclic amines) is 1. The first-order chi connectivity index (χ1) is 18.0. The minimum Gasteiger partial charge on any atom is -0.369 e. The molecule has 184 valence electrons. The molecule has 0 bridgehead atoms. The van der Waals surface area contributed by atoms with Gasteiger partial charge in [0.15, 0.2) is 5.82 Å². The number of hydrogen-bond donors (Lipinski definition) is 2. The molecule has 1 aliphatic rings. The predicted molar refractivity (Wildman–Crippen MR) is 137 cm³/mol. The Kier molecular flexibility index (Phi) is 6.50. The minimum atomic E-state index is -0.626. The van der Waals surface area contributed by atoms with Crippen LogP contribution < -0.4 is 11.1 Å². The highest BCUT2D eigenvalue weighted by Crippen LogP contribution is 2.34. The second-order valence-electron chi connectivity index (χ2n) is 8.68. The van der Waals surface area contributed by atoms with Gasteiger partial charge in [0.05, 0.1) is 35.0 Å². The van der Waals surface area contributed by atoms with Crippen LogP contribution >= 0.6 is 0 Å². The molecule has 37 heavy (non-hydrogen) atoms. The molecule has 1 unspecified atom stereocenters. The summed E-state index contributed by atoms with van der Waals surface area (Å²) in [6.45, 7) is 4.22. The van der Waals surface area contributed by atoms with Crippen molar-refractivity contribution in [3.8, 4) is 29.3 Å². The summed E-state index contributed by atoms with van der Waals surface area (Å²) in [4.78, 5) is 28.0. The number of rotatable bonds is 5. The topological polar surface area (TPSA) is 125 Å². The third kappa shape index (κ3) is 4.70. The van der Waals surface area contributed by atoms with E-state index in [1.54, 1.807) is 10.6 Å². The third-order valence-corrected chi connectivity index (χ3v) is 6.35. The van der Waals surface area contributed by atoms with Crippen molar-refractivity contribution < 1.29 is 9.18 Å². The number of nitrogens with zero attached hydrogens (tertiary/aromatic N) is 6. The van der Waals surface area contributed by atoms with Gasteiger partial charge in [-0.3, -0.25) is 14.1 Å². The van der Waals surface area contributed by atoms with Gasteiger partial charge in [-0.25, -0.2) is 19.3 Å². The van der Waals surface area contributed by atoms with E-state index in [4.69, 9.17) is 16.0 Å². The van der Waals surface area contributed by atoms with E-state index >= 15 is 4.39 Å². The van der Waals surface area contributed by atoms with Gasteiger partial charge in [-0.1, -0.05) is 5.92 Å². The van der Waals surface area contributed by atoms with Gasteiger partial charge >= 0.3 is 0 Å². The number of aromatic nitrogens is 4. The average Bonchev–Trinajstić information content (AvgIpc) is 3.53. The lowest BCUT2D eigenvalue weighted by atomic mass is 10.0. The normalized spacial score (nSPS) is 15.2. The standard InChI is InChI=1S/C27H23FN8O/c1-2-3-11-35-12-8-19(16-35)24-22-7-10-32-27(30)36(22)25(34-24)20-5-4-18(14-21(20)28)26(37)33-23-13-17(15-29)6-9-31-23/h4-7,9-10,13-14,19H,8,11-12,16H2,1H3,(H2,30,32)(H,31,33,37). The summed E-state index contributed by atoms with van der Waals surface area (Å²) in [5, 5.41) is 11.6. The number of fused-ring (bicyclic) bond motifs is 1. The average molecular weight is 495 g/mol. The highest BCUT2D eigenvalue weighted by Gasteiger charge is 2.29. The van der Waals surface area contributed by atoms with Crippen LogP contribution in [-0.4, -0.2) is 49.8 Å². The fourth-order valence-corrected chi connectivity index (χ4v) is 4.55. The number of hydrogen-bond acceptors (Lipinski definition) is 7. The number of nitrogen functional groups attached to an aromatic ring is 1. The molecule has 4 heterocycles. The molecule has 10 heteroatoms. The number of pyridine rings is 1. The number of carbonyl (C=O) groups excluding carboxylic acids is 1. The van der Waals surface area contributed by atoms with Crippen LogP contribution in [0.2, 0.25) is 0 Å². The lowest BCUT2D eigenvalue weighted by Gasteiger charge is -2.11. The third-order valence-electron chi connectivity index (χ3n) is 6.35. The van der Waals surface area contributed by atoms with E-state index in [0.29, 0.717) is 17.9 Å². The highest BCUT2D eigenvalue weighted by atomic mass is 19.1. The Morgan fingerprint density at radius 3 is 2.86 bits per heavy atom. The molecule has 1 fully saturated rings. The Bertz CT molecular complexity index is 1610. The van der Waals surface area contributed by atoms with Crippen LogP contribution in [0.1, 0.15) is 40.9 Å². The van der Waals surface area contributed by atoms with Crippen molar-refractivity contribution in [1.82, 2.24) is 24.3 Å². The van der Waals surface area contributed by atoms with Crippen molar-refractivity contribution in [3.05, 3.63) is 71.4 Å². The van der Waals surface area contributed by atoms with Crippen molar-refractivity contribution >= 4 is 23.2 Å². The van der Waals surface area contributed by atoms with Gasteiger partial charge in [-0.05, 0) is 56.3 Å². The summed E-state index contributed by atoms with van der Waals surface area (Å²) in [7, 11) is 0. The van der Waals surface area contributed by atoms with Crippen LogP contribution in [0.5, 0.6) is 0 Å². The fourth-order valence-electron chi connectivity index (χ4n) is 4.55. The van der Waals surface area contributed by atoms with E-state index in [1.165, 1.54) is 30.5 Å². The van der Waals surface area contributed by atoms with Crippen LogP contribution in [-0.2, 0) is 0 Å². The van der Waals surface area contributed by atoms with Gasteiger partial charge in [0, 0.05) is 30.4 Å². The molecule has 9 nitrogen and oxygen atoms in total. The summed E-state index contributed by atoms with van der Waals surface area (Å²) in [5.41, 5.74) is 8.47. The molecule has 4 aromatic rings. The molecule has 1 amide bonds. The van der Waals surface area contributed by atoms with Crippen LogP contribution in [0.4, 0.5) is 16.2 Å². The van der Waals surface area contributed by atoms with Crippen molar-refractivity contribution in [3.63, 3.8) is 0 Å². The predicted octanol–water partition coefficient (Wildman–Crippen LogP) is 3.45. The van der Waals surface area contributed by atoms with Gasteiger partial charge in [-0.15, -0.1) is 5.92 Å². The smallest absolute Gasteiger partial charge is 0.256 e. The largest absolute Gasteiger partial charge is 0.369 e. The Balaban J connectivity index is 1.47. The van der Waals surface area contributed by atoms with Crippen LogP contribution in [0, 0.1) is 29.0 Å². The summed E-state index contributed by atoms with van der Waals surface area (Å²) in [6, 6.07) is 10.9. The highest BCUT2D eigenvalue weighted by molar-refractivity contribution is 6.04. The SMILES string of the molecule is CC#CCN1CCC(c2nc(-c3ccc(C(=O)Nc4cc(C#N)ccn4)cc3F)n3c(N)nccc23)C1. The number of benzene rings is 1. The lowest BCUT2D eigenvalue weighted by Crippen LogP contribution is -2.20.